The van der Waals surface area contributed by atoms with Crippen molar-refractivity contribution in [2.24, 2.45) is 5.92 Å². The molecule has 2 rings (SSSR count). The van der Waals surface area contributed by atoms with Crippen LogP contribution in [-0.4, -0.2) is 17.5 Å². The Morgan fingerprint density at radius 2 is 2.05 bits per heavy atom. The molecule has 1 aliphatic heterocycles. The quantitative estimate of drug-likeness (QED) is 0.495. The van der Waals surface area contributed by atoms with Crippen molar-refractivity contribution in [3.63, 3.8) is 0 Å². The van der Waals surface area contributed by atoms with Crippen LogP contribution in [0.4, 0.5) is 0 Å². The Morgan fingerprint density at radius 3 is 2.73 bits per heavy atom. The minimum absolute atomic E-state index is 0.201. The van der Waals surface area contributed by atoms with E-state index in [1.54, 1.807) is 0 Å². The van der Waals surface area contributed by atoms with Crippen LogP contribution < -0.4 is 0 Å². The van der Waals surface area contributed by atoms with Gasteiger partial charge in [-0.15, -0.1) is 0 Å². The van der Waals surface area contributed by atoms with Crippen LogP contribution in [0.1, 0.15) is 66.2 Å². The van der Waals surface area contributed by atoms with Crippen LogP contribution in [0.5, 0.6) is 0 Å². The number of ether oxygens (including phenoxy) is 1. The maximum absolute atomic E-state index is 12.2. The molecule has 1 fully saturated rings. The van der Waals surface area contributed by atoms with Crippen LogP contribution in [0.3, 0.4) is 0 Å². The third-order valence-electron chi connectivity index (χ3n) is 5.08. The molecule has 0 aromatic carbocycles. The molecule has 1 aliphatic carbocycles. The second-order valence-electron chi connectivity index (χ2n) is 7.46. The molecule has 22 heavy (non-hydrogen) atoms. The summed E-state index contributed by atoms with van der Waals surface area (Å²) >= 11 is 0. The minimum Gasteiger partial charge on any atom is -0.366 e. The molecule has 0 radical (unpaired) electrons. The minimum atomic E-state index is -0.253. The van der Waals surface area contributed by atoms with Gasteiger partial charge in [-0.2, -0.15) is 0 Å². The van der Waals surface area contributed by atoms with Crippen molar-refractivity contribution in [3.8, 4) is 0 Å². The standard InChI is InChI=1S/C20H30O2/c1-14(2)17-10-9-15(3)7-6-8-16(4)11-18(21)13-20(5)19(12-17)22-20/h7,11,17,19H,1,6,8-10,12-13H2,2-5H3/b15-7-,16-11-/t17-,19-,20-/m1/s1. The lowest BCUT2D eigenvalue weighted by atomic mass is 9.86. The summed E-state index contributed by atoms with van der Waals surface area (Å²) in [6, 6.07) is 0. The molecule has 0 unspecified atom stereocenters. The van der Waals surface area contributed by atoms with E-state index in [1.165, 1.54) is 16.7 Å². The Labute approximate surface area is 135 Å². The average molecular weight is 302 g/mol. The maximum atomic E-state index is 12.2. The van der Waals surface area contributed by atoms with E-state index in [9.17, 15) is 4.79 Å². The predicted molar refractivity (Wildman–Crippen MR) is 91.8 cm³/mol. The lowest BCUT2D eigenvalue weighted by Crippen LogP contribution is -2.18. The van der Waals surface area contributed by atoms with Crippen LogP contribution in [-0.2, 0) is 9.53 Å². The van der Waals surface area contributed by atoms with E-state index in [0.717, 1.165) is 32.1 Å². The largest absolute Gasteiger partial charge is 0.366 e. The van der Waals surface area contributed by atoms with E-state index in [1.807, 2.05) is 6.08 Å². The molecule has 1 saturated heterocycles. The Kier molecular flexibility index (Phi) is 5.44. The lowest BCUT2D eigenvalue weighted by Gasteiger charge is -2.17. The summed E-state index contributed by atoms with van der Waals surface area (Å²) in [5, 5.41) is 0. The number of carbonyl (C=O) groups is 1. The third kappa shape index (κ3) is 4.67. The molecule has 0 aromatic heterocycles. The highest BCUT2D eigenvalue weighted by Crippen LogP contribution is 2.45. The number of allylic oxidation sites excluding steroid dienone is 5. The molecule has 0 amide bonds. The van der Waals surface area contributed by atoms with Gasteiger partial charge in [0.25, 0.3) is 0 Å². The number of ketones is 1. The van der Waals surface area contributed by atoms with Crippen molar-refractivity contribution in [2.75, 3.05) is 0 Å². The van der Waals surface area contributed by atoms with Crippen LogP contribution >= 0.6 is 0 Å². The fourth-order valence-electron chi connectivity index (χ4n) is 3.36. The molecule has 3 atom stereocenters. The molecule has 2 heteroatoms. The summed E-state index contributed by atoms with van der Waals surface area (Å²) in [6.45, 7) is 12.6. The lowest BCUT2D eigenvalue weighted by molar-refractivity contribution is -0.115. The van der Waals surface area contributed by atoms with E-state index in [2.05, 4.69) is 40.3 Å². The Bertz CT molecular complexity index is 512. The topological polar surface area (TPSA) is 29.6 Å². The first kappa shape index (κ1) is 17.2. The van der Waals surface area contributed by atoms with Crippen LogP contribution in [0, 0.1) is 5.92 Å². The van der Waals surface area contributed by atoms with E-state index in [0.29, 0.717) is 12.3 Å². The molecular weight excluding hydrogens is 272 g/mol. The Balaban J connectivity index is 2.13. The van der Waals surface area contributed by atoms with Gasteiger partial charge >= 0.3 is 0 Å². The van der Waals surface area contributed by atoms with E-state index in [-0.39, 0.29) is 17.5 Å². The SMILES string of the molecule is C=C(C)[C@@H]1CC/C(C)=C\CC/C(C)=C\C(=O)C[C@@]2(C)O[C@@H]2C1. The zero-order valence-corrected chi connectivity index (χ0v) is 14.6. The van der Waals surface area contributed by atoms with E-state index in [4.69, 9.17) is 4.74 Å². The van der Waals surface area contributed by atoms with Gasteiger partial charge in [-0.25, -0.2) is 0 Å². The first-order chi connectivity index (χ1) is 10.3. The van der Waals surface area contributed by atoms with Crippen molar-refractivity contribution in [1.29, 1.82) is 0 Å². The second-order valence-corrected chi connectivity index (χ2v) is 7.46. The third-order valence-corrected chi connectivity index (χ3v) is 5.08. The molecule has 2 aliphatic rings. The van der Waals surface area contributed by atoms with Gasteiger partial charge in [-0.3, -0.25) is 4.79 Å². The van der Waals surface area contributed by atoms with Crippen molar-refractivity contribution >= 4 is 5.78 Å². The van der Waals surface area contributed by atoms with E-state index < -0.39 is 0 Å². The highest BCUT2D eigenvalue weighted by Gasteiger charge is 2.53. The molecule has 0 saturated carbocycles. The Hall–Kier alpha value is -1.15. The van der Waals surface area contributed by atoms with Gasteiger partial charge in [-0.1, -0.05) is 29.4 Å². The predicted octanol–water partition coefficient (Wildman–Crippen LogP) is 5.15. The van der Waals surface area contributed by atoms with Crippen molar-refractivity contribution in [1.82, 2.24) is 0 Å². The Morgan fingerprint density at radius 1 is 1.32 bits per heavy atom. The summed E-state index contributed by atoms with van der Waals surface area (Å²) in [6.07, 6.45) is 10.1. The zero-order chi connectivity index (χ0) is 16.3. The number of fused-ring (bicyclic) bond motifs is 1. The molecule has 122 valence electrons. The van der Waals surface area contributed by atoms with Gasteiger partial charge in [-0.05, 0) is 71.8 Å². The summed E-state index contributed by atoms with van der Waals surface area (Å²) < 4.78 is 5.89. The number of carbonyl (C=O) groups excluding carboxylic acids is 1. The summed E-state index contributed by atoms with van der Waals surface area (Å²) in [5.41, 5.74) is 3.60. The van der Waals surface area contributed by atoms with Crippen molar-refractivity contribution < 1.29 is 9.53 Å². The molecule has 0 spiro atoms. The number of hydrogen-bond donors (Lipinski definition) is 0. The summed E-state index contributed by atoms with van der Waals surface area (Å²) in [5.74, 6) is 0.692. The first-order valence-corrected chi connectivity index (χ1v) is 8.49. The number of epoxide rings is 1. The smallest absolute Gasteiger partial charge is 0.158 e. The number of hydrogen-bond acceptors (Lipinski definition) is 2. The van der Waals surface area contributed by atoms with Crippen LogP contribution in [0.25, 0.3) is 0 Å². The van der Waals surface area contributed by atoms with Crippen LogP contribution in [0.2, 0.25) is 0 Å². The van der Waals surface area contributed by atoms with Gasteiger partial charge < -0.3 is 4.74 Å². The molecule has 0 aromatic rings. The summed E-state index contributed by atoms with van der Waals surface area (Å²) in [7, 11) is 0. The monoisotopic (exact) mass is 302 g/mol. The van der Waals surface area contributed by atoms with Crippen molar-refractivity contribution in [2.45, 2.75) is 77.9 Å². The van der Waals surface area contributed by atoms with Gasteiger partial charge in [0.1, 0.15) is 0 Å². The van der Waals surface area contributed by atoms with Gasteiger partial charge in [0.15, 0.2) is 5.78 Å². The molecule has 0 bridgehead atoms. The second kappa shape index (κ2) is 6.95. The molecular formula is C20H30O2. The fraction of sp³-hybridized carbons (Fsp3) is 0.650. The summed E-state index contributed by atoms with van der Waals surface area (Å²) in [4.78, 5) is 12.2. The number of rotatable bonds is 1. The highest BCUT2D eigenvalue weighted by atomic mass is 16.6. The maximum Gasteiger partial charge on any atom is 0.158 e. The van der Waals surface area contributed by atoms with Gasteiger partial charge in [0.2, 0.25) is 0 Å². The highest BCUT2D eigenvalue weighted by molar-refractivity contribution is 5.91. The van der Waals surface area contributed by atoms with Gasteiger partial charge in [0, 0.05) is 6.42 Å². The first-order valence-electron chi connectivity index (χ1n) is 8.49. The van der Waals surface area contributed by atoms with Crippen molar-refractivity contribution in [3.05, 3.63) is 35.5 Å². The van der Waals surface area contributed by atoms with E-state index >= 15 is 0 Å². The van der Waals surface area contributed by atoms with Gasteiger partial charge in [0.05, 0.1) is 11.7 Å². The molecule has 0 N–H and O–H groups in total. The van der Waals surface area contributed by atoms with Crippen LogP contribution in [0.15, 0.2) is 35.5 Å². The normalized spacial score (nSPS) is 38.8. The fourth-order valence-corrected chi connectivity index (χ4v) is 3.36. The zero-order valence-electron chi connectivity index (χ0n) is 14.6. The average Bonchev–Trinajstić information content (AvgIpc) is 3.02. The molecule has 2 nitrogen and oxygen atoms in total. The molecule has 1 heterocycles.